The summed E-state index contributed by atoms with van der Waals surface area (Å²) in [5.74, 6) is -3.85. The van der Waals surface area contributed by atoms with Crippen molar-refractivity contribution in [3.05, 3.63) is 35.9 Å². The van der Waals surface area contributed by atoms with E-state index < -0.39 is 29.6 Å². The molecule has 2 N–H and O–H groups in total. The standard InChI is InChI=1S/C13H16F2N2O3S/c1-13(14,15)7-10(21)11(18)16-17-12(19)20-8-9-5-3-2-4-6-9/h2-6,10,21H,7-8H2,1H3,(H,16,18)(H,17,19)/t10-/m0/s1. The number of benzene rings is 1. The monoisotopic (exact) mass is 318 g/mol. The Hall–Kier alpha value is -1.83. The SMILES string of the molecule is CC(F)(F)C[C@H](S)C(=O)NNC(=O)OCc1ccccc1. The van der Waals surface area contributed by atoms with Crippen LogP contribution >= 0.6 is 12.6 Å². The van der Waals surface area contributed by atoms with Crippen LogP contribution in [-0.2, 0) is 16.1 Å². The number of alkyl halides is 2. The van der Waals surface area contributed by atoms with Gasteiger partial charge in [-0.25, -0.2) is 19.0 Å². The number of carbonyl (C=O) groups excluding carboxylic acids is 2. The molecule has 0 unspecified atom stereocenters. The molecule has 0 heterocycles. The molecule has 116 valence electrons. The van der Waals surface area contributed by atoms with Gasteiger partial charge in [0, 0.05) is 6.42 Å². The molecule has 2 amide bonds. The van der Waals surface area contributed by atoms with E-state index in [1.54, 1.807) is 24.3 Å². The maximum absolute atomic E-state index is 12.7. The lowest BCUT2D eigenvalue weighted by Crippen LogP contribution is -2.46. The van der Waals surface area contributed by atoms with Crippen molar-refractivity contribution < 1.29 is 23.1 Å². The lowest BCUT2D eigenvalue weighted by atomic mass is 10.2. The molecule has 1 rings (SSSR count). The highest BCUT2D eigenvalue weighted by atomic mass is 32.1. The summed E-state index contributed by atoms with van der Waals surface area (Å²) in [5, 5.41) is -1.24. The molecular weight excluding hydrogens is 302 g/mol. The van der Waals surface area contributed by atoms with E-state index in [1.165, 1.54) is 0 Å². The minimum absolute atomic E-state index is 0.0277. The lowest BCUT2D eigenvalue weighted by molar-refractivity contribution is -0.123. The second-order valence-corrected chi connectivity index (χ2v) is 5.09. The zero-order valence-corrected chi connectivity index (χ0v) is 12.2. The Kier molecular flexibility index (Phi) is 6.41. The average molecular weight is 318 g/mol. The number of nitrogens with one attached hydrogen (secondary N) is 2. The molecule has 0 radical (unpaired) electrons. The van der Waals surface area contributed by atoms with Gasteiger partial charge in [-0.1, -0.05) is 30.3 Å². The number of hydrogen-bond donors (Lipinski definition) is 3. The van der Waals surface area contributed by atoms with Crippen LogP contribution < -0.4 is 10.9 Å². The molecule has 0 aliphatic heterocycles. The number of halogens is 2. The van der Waals surface area contributed by atoms with E-state index in [-0.39, 0.29) is 6.61 Å². The summed E-state index contributed by atoms with van der Waals surface area (Å²) in [7, 11) is 0. The van der Waals surface area contributed by atoms with Crippen molar-refractivity contribution in [3.8, 4) is 0 Å². The highest BCUT2D eigenvalue weighted by Crippen LogP contribution is 2.21. The van der Waals surface area contributed by atoms with Crippen LogP contribution in [0.15, 0.2) is 30.3 Å². The second-order valence-electron chi connectivity index (χ2n) is 4.47. The van der Waals surface area contributed by atoms with E-state index in [0.717, 1.165) is 5.56 Å². The number of thiol groups is 1. The topological polar surface area (TPSA) is 67.4 Å². The van der Waals surface area contributed by atoms with E-state index in [1.807, 2.05) is 16.9 Å². The molecule has 0 bridgehead atoms. The normalized spacial score (nSPS) is 12.4. The van der Waals surface area contributed by atoms with Crippen molar-refractivity contribution in [1.82, 2.24) is 10.9 Å². The van der Waals surface area contributed by atoms with Crippen molar-refractivity contribution in [3.63, 3.8) is 0 Å². The van der Waals surface area contributed by atoms with Crippen LogP contribution in [0.1, 0.15) is 18.9 Å². The number of amides is 2. The fraction of sp³-hybridized carbons (Fsp3) is 0.385. The van der Waals surface area contributed by atoms with Gasteiger partial charge in [0.2, 0.25) is 5.92 Å². The number of hydrogen-bond acceptors (Lipinski definition) is 4. The molecule has 8 heteroatoms. The van der Waals surface area contributed by atoms with E-state index in [9.17, 15) is 18.4 Å². The van der Waals surface area contributed by atoms with E-state index in [0.29, 0.717) is 6.92 Å². The van der Waals surface area contributed by atoms with Crippen LogP contribution in [0, 0.1) is 0 Å². The third kappa shape index (κ3) is 7.50. The minimum atomic E-state index is -3.02. The summed E-state index contributed by atoms with van der Waals surface area (Å²) >= 11 is 3.75. The Morgan fingerprint density at radius 3 is 2.48 bits per heavy atom. The van der Waals surface area contributed by atoms with Crippen molar-refractivity contribution >= 4 is 24.6 Å². The van der Waals surface area contributed by atoms with Gasteiger partial charge in [0.05, 0.1) is 5.25 Å². The maximum atomic E-state index is 12.7. The Morgan fingerprint density at radius 2 is 1.90 bits per heavy atom. The summed E-state index contributed by atoms with van der Waals surface area (Å²) in [4.78, 5) is 22.7. The Labute approximate surface area is 126 Å². The highest BCUT2D eigenvalue weighted by molar-refractivity contribution is 7.81. The van der Waals surface area contributed by atoms with Gasteiger partial charge in [-0.05, 0) is 12.5 Å². The predicted molar refractivity (Wildman–Crippen MR) is 75.9 cm³/mol. The molecule has 0 aliphatic carbocycles. The van der Waals surface area contributed by atoms with Gasteiger partial charge in [-0.3, -0.25) is 10.2 Å². The van der Waals surface area contributed by atoms with Gasteiger partial charge in [-0.15, -0.1) is 0 Å². The summed E-state index contributed by atoms with van der Waals surface area (Å²) in [6.07, 6.45) is -1.63. The third-order valence-corrected chi connectivity index (χ3v) is 2.77. The molecular formula is C13H16F2N2O3S. The second kappa shape index (κ2) is 7.82. The summed E-state index contributed by atoms with van der Waals surface area (Å²) in [6.45, 7) is 0.713. The van der Waals surface area contributed by atoms with Gasteiger partial charge in [0.1, 0.15) is 6.61 Å². The van der Waals surface area contributed by atoms with Crippen LogP contribution in [0.3, 0.4) is 0 Å². The molecule has 0 saturated heterocycles. The summed E-state index contributed by atoms with van der Waals surface area (Å²) in [5.41, 5.74) is 4.71. The maximum Gasteiger partial charge on any atom is 0.426 e. The molecule has 0 aromatic heterocycles. The Balaban J connectivity index is 2.28. The first-order valence-corrected chi connectivity index (χ1v) is 6.62. The zero-order chi connectivity index (χ0) is 15.9. The van der Waals surface area contributed by atoms with Gasteiger partial charge >= 0.3 is 6.09 Å². The van der Waals surface area contributed by atoms with Gasteiger partial charge in [-0.2, -0.15) is 12.6 Å². The molecule has 0 aliphatic rings. The van der Waals surface area contributed by atoms with Crippen molar-refractivity contribution in [2.24, 2.45) is 0 Å². The molecule has 21 heavy (non-hydrogen) atoms. The zero-order valence-electron chi connectivity index (χ0n) is 11.3. The highest BCUT2D eigenvalue weighted by Gasteiger charge is 2.29. The smallest absolute Gasteiger partial charge is 0.426 e. The molecule has 5 nitrogen and oxygen atoms in total. The molecule has 1 atom stereocenters. The first kappa shape index (κ1) is 17.2. The quantitative estimate of drug-likeness (QED) is 0.576. The molecule has 1 aromatic carbocycles. The van der Waals surface area contributed by atoms with Crippen molar-refractivity contribution in [2.75, 3.05) is 0 Å². The average Bonchev–Trinajstić information content (AvgIpc) is 2.41. The number of hydrazine groups is 1. The first-order chi connectivity index (χ1) is 9.78. The van der Waals surface area contributed by atoms with Crippen LogP contribution in [-0.4, -0.2) is 23.2 Å². The Morgan fingerprint density at radius 1 is 1.29 bits per heavy atom. The number of ether oxygens (including phenoxy) is 1. The molecule has 0 spiro atoms. The van der Waals surface area contributed by atoms with Crippen LogP contribution in [0.2, 0.25) is 0 Å². The first-order valence-electron chi connectivity index (χ1n) is 6.10. The fourth-order valence-electron chi connectivity index (χ4n) is 1.39. The molecule has 0 fully saturated rings. The van der Waals surface area contributed by atoms with Gasteiger partial charge in [0.15, 0.2) is 0 Å². The minimum Gasteiger partial charge on any atom is -0.443 e. The largest absolute Gasteiger partial charge is 0.443 e. The van der Waals surface area contributed by atoms with Crippen LogP contribution in [0.4, 0.5) is 13.6 Å². The summed E-state index contributed by atoms with van der Waals surface area (Å²) < 4.78 is 30.2. The number of carbonyl (C=O) groups is 2. The Bertz CT molecular complexity index is 480. The lowest BCUT2D eigenvalue weighted by Gasteiger charge is -2.16. The molecule has 0 saturated carbocycles. The number of rotatable bonds is 5. The fourth-order valence-corrected chi connectivity index (χ4v) is 1.77. The van der Waals surface area contributed by atoms with Gasteiger partial charge in [0.25, 0.3) is 5.91 Å². The van der Waals surface area contributed by atoms with Crippen molar-refractivity contribution in [1.29, 1.82) is 0 Å². The predicted octanol–water partition coefficient (Wildman–Crippen LogP) is 2.29. The van der Waals surface area contributed by atoms with E-state index in [4.69, 9.17) is 4.74 Å². The summed E-state index contributed by atoms with van der Waals surface area (Å²) in [6, 6.07) is 8.92. The van der Waals surface area contributed by atoms with E-state index >= 15 is 0 Å². The van der Waals surface area contributed by atoms with E-state index in [2.05, 4.69) is 12.6 Å². The molecule has 1 aromatic rings. The third-order valence-electron chi connectivity index (χ3n) is 2.35. The van der Waals surface area contributed by atoms with Gasteiger partial charge < -0.3 is 4.74 Å². The van der Waals surface area contributed by atoms with Crippen molar-refractivity contribution in [2.45, 2.75) is 31.1 Å². The van der Waals surface area contributed by atoms with Crippen LogP contribution in [0.25, 0.3) is 0 Å². The van der Waals surface area contributed by atoms with Crippen LogP contribution in [0.5, 0.6) is 0 Å².